The third-order valence-corrected chi connectivity index (χ3v) is 11.7. The number of unbranched alkanes of at least 4 members (excludes halogenated alkanes) is 13. The highest BCUT2D eigenvalue weighted by Gasteiger charge is 2.28. The van der Waals surface area contributed by atoms with E-state index >= 15 is 0 Å². The van der Waals surface area contributed by atoms with E-state index in [1.165, 1.54) is 83.1 Å². The number of aliphatic hydroxyl groups excluding tert-OH is 2. The molecular weight excluding hydrogens is 874 g/mol. The van der Waals surface area contributed by atoms with E-state index in [0.29, 0.717) is 6.42 Å². The van der Waals surface area contributed by atoms with Crippen molar-refractivity contribution < 1.29 is 66.7 Å². The number of phosphoric acid groups is 2. The van der Waals surface area contributed by atoms with Crippen molar-refractivity contribution in [3.8, 4) is 0 Å². The highest BCUT2D eigenvalue weighted by Crippen LogP contribution is 2.43. The van der Waals surface area contributed by atoms with E-state index < -0.39 is 72.3 Å². The minimum absolute atomic E-state index is 0.0163. The molecule has 0 aliphatic heterocycles. The molecule has 376 valence electrons. The van der Waals surface area contributed by atoms with E-state index in [-0.39, 0.29) is 19.3 Å². The number of phosphoric ester groups is 2. The van der Waals surface area contributed by atoms with Gasteiger partial charge in [0.15, 0.2) is 6.10 Å². The Morgan fingerprint density at radius 1 is 0.538 bits per heavy atom. The molecule has 5 N–H and O–H groups in total. The number of carbonyl (C=O) groups is 2. The summed E-state index contributed by atoms with van der Waals surface area (Å²) in [5, 5.41) is 20.1. The number of allylic oxidation sites excluding steroid dienone is 11. The summed E-state index contributed by atoms with van der Waals surface area (Å²) in [7, 11) is -9.77. The Hall–Kier alpha value is -2.48. The third-order valence-electron chi connectivity index (χ3n) is 10.3. The van der Waals surface area contributed by atoms with Gasteiger partial charge in [-0.25, -0.2) is 9.13 Å². The van der Waals surface area contributed by atoms with Gasteiger partial charge in [-0.3, -0.25) is 23.2 Å². The average molecular weight is 961 g/mol. The maximum absolute atomic E-state index is 12.7. The van der Waals surface area contributed by atoms with Gasteiger partial charge in [0.2, 0.25) is 0 Å². The second-order valence-electron chi connectivity index (χ2n) is 16.5. The summed E-state index contributed by atoms with van der Waals surface area (Å²) < 4.78 is 47.7. The largest absolute Gasteiger partial charge is 0.472 e. The van der Waals surface area contributed by atoms with E-state index in [1.807, 2.05) is 12.2 Å². The van der Waals surface area contributed by atoms with Crippen LogP contribution in [0.2, 0.25) is 0 Å². The van der Waals surface area contributed by atoms with E-state index in [1.54, 1.807) is 12.2 Å². The van der Waals surface area contributed by atoms with Gasteiger partial charge in [0.05, 0.1) is 25.9 Å². The van der Waals surface area contributed by atoms with E-state index in [9.17, 15) is 33.8 Å². The van der Waals surface area contributed by atoms with E-state index in [0.717, 1.165) is 57.3 Å². The van der Waals surface area contributed by atoms with Crippen molar-refractivity contribution in [3.05, 3.63) is 72.9 Å². The number of aliphatic hydroxyl groups is 2. The van der Waals surface area contributed by atoms with Crippen LogP contribution in [-0.4, -0.2) is 81.6 Å². The number of rotatable bonds is 44. The standard InChI is InChI=1S/C49H86O14P2/c1-4-6-7-8-9-10-11-12-13-14-18-21-24-27-30-33-36-45(50)38-39-49(53)63-47(43-62-65(57,58)61-41-46(51)40-60-64(54,55)56)42-59-48(52)37-34-31-28-25-22-19-16-15-17-20-23-26-29-32-35-44(3)5-2/h6-7,9-10,12-13,18,21,27,30,33,36,44-47,50-51H,4-5,8,11,14-17,19-20,22-26,28-29,31-32,34-35,37-43H2,1-3H3,(H,57,58)(H2,54,55,56)/b7-6-,10-9-,13-12-,21-18-,30-27-,36-33-/t44?,45?,46-,47+/m0/s1. The molecule has 0 aliphatic carbocycles. The molecule has 0 saturated carbocycles. The molecule has 0 spiro atoms. The molecule has 0 saturated heterocycles. The van der Waals surface area contributed by atoms with Crippen LogP contribution in [0.3, 0.4) is 0 Å². The molecule has 65 heavy (non-hydrogen) atoms. The number of hydrogen-bond acceptors (Lipinski definition) is 11. The molecule has 5 atom stereocenters. The Balaban J connectivity index is 4.68. The van der Waals surface area contributed by atoms with Crippen molar-refractivity contribution in [3.63, 3.8) is 0 Å². The lowest BCUT2D eigenvalue weighted by molar-refractivity contribution is -0.161. The third kappa shape index (κ3) is 46.4. The maximum atomic E-state index is 12.7. The number of esters is 2. The zero-order chi connectivity index (χ0) is 48.3. The predicted molar refractivity (Wildman–Crippen MR) is 259 cm³/mol. The molecule has 3 unspecified atom stereocenters. The summed E-state index contributed by atoms with van der Waals surface area (Å²) >= 11 is 0. The lowest BCUT2D eigenvalue weighted by atomic mass is 9.99. The topological polar surface area (TPSA) is 216 Å². The SMILES string of the molecule is CC/C=C\C/C=C\C/C=C\C/C=C\C/C=C\C=C/C(O)CCC(=O)O[C@H](COC(=O)CCCCCCCCCCCCCCCCC(C)CC)COP(=O)(O)OC[C@@H](O)COP(=O)(O)O. The molecule has 0 rings (SSSR count). The first-order valence-electron chi connectivity index (χ1n) is 24.1. The maximum Gasteiger partial charge on any atom is 0.472 e. The van der Waals surface area contributed by atoms with Gasteiger partial charge in [-0.2, -0.15) is 0 Å². The summed E-state index contributed by atoms with van der Waals surface area (Å²) in [5.74, 6) is -0.461. The van der Waals surface area contributed by atoms with Crippen LogP contribution in [0, 0.1) is 5.92 Å². The second kappa shape index (κ2) is 42.8. The van der Waals surface area contributed by atoms with Crippen molar-refractivity contribution in [2.75, 3.05) is 26.4 Å². The molecule has 0 aromatic carbocycles. The van der Waals surface area contributed by atoms with Crippen LogP contribution in [0.4, 0.5) is 0 Å². The minimum Gasteiger partial charge on any atom is -0.462 e. The van der Waals surface area contributed by atoms with Gasteiger partial charge in [0.1, 0.15) is 12.7 Å². The molecule has 0 heterocycles. The van der Waals surface area contributed by atoms with Crippen LogP contribution in [0.1, 0.15) is 175 Å². The van der Waals surface area contributed by atoms with Gasteiger partial charge in [0.25, 0.3) is 0 Å². The van der Waals surface area contributed by atoms with Crippen molar-refractivity contribution in [2.24, 2.45) is 5.92 Å². The Morgan fingerprint density at radius 2 is 1.02 bits per heavy atom. The van der Waals surface area contributed by atoms with Crippen LogP contribution in [0.25, 0.3) is 0 Å². The van der Waals surface area contributed by atoms with Gasteiger partial charge in [-0.15, -0.1) is 0 Å². The van der Waals surface area contributed by atoms with E-state index in [2.05, 4.69) is 72.4 Å². The summed E-state index contributed by atoms with van der Waals surface area (Å²) in [5.41, 5.74) is 0. The lowest BCUT2D eigenvalue weighted by Gasteiger charge is -2.20. The van der Waals surface area contributed by atoms with Gasteiger partial charge in [-0.1, -0.05) is 190 Å². The Labute approximate surface area is 391 Å². The normalized spacial score (nSPS) is 15.5. The Bertz CT molecular complexity index is 1450. The molecule has 14 nitrogen and oxygen atoms in total. The Kier molecular flexibility index (Phi) is 41.2. The molecule has 16 heteroatoms. The molecule has 0 amide bonds. The van der Waals surface area contributed by atoms with Crippen molar-refractivity contribution in [1.82, 2.24) is 0 Å². The molecule has 0 radical (unpaired) electrons. The molecular formula is C49H86O14P2. The fraction of sp³-hybridized carbons (Fsp3) is 0.714. The number of carbonyl (C=O) groups excluding carboxylic acids is 2. The van der Waals surface area contributed by atoms with Crippen LogP contribution in [0.15, 0.2) is 72.9 Å². The molecule has 0 aromatic rings. The first-order chi connectivity index (χ1) is 31.2. The fourth-order valence-electron chi connectivity index (χ4n) is 6.20. The van der Waals surface area contributed by atoms with E-state index in [4.69, 9.17) is 23.8 Å². The lowest BCUT2D eigenvalue weighted by Crippen LogP contribution is -2.30. The van der Waals surface area contributed by atoms with Crippen LogP contribution in [0.5, 0.6) is 0 Å². The Morgan fingerprint density at radius 3 is 1.54 bits per heavy atom. The van der Waals surface area contributed by atoms with Gasteiger partial charge < -0.3 is 34.4 Å². The quantitative estimate of drug-likeness (QED) is 0.0126. The number of ether oxygens (including phenoxy) is 2. The van der Waals surface area contributed by atoms with Gasteiger partial charge >= 0.3 is 27.6 Å². The first kappa shape index (κ1) is 62.5. The van der Waals surface area contributed by atoms with Crippen LogP contribution < -0.4 is 0 Å². The smallest absolute Gasteiger partial charge is 0.462 e. The van der Waals surface area contributed by atoms with Crippen molar-refractivity contribution >= 4 is 27.6 Å². The summed E-state index contributed by atoms with van der Waals surface area (Å²) in [6.07, 6.45) is 43.6. The molecule has 0 aliphatic rings. The minimum atomic E-state index is -4.89. The van der Waals surface area contributed by atoms with Crippen molar-refractivity contribution in [2.45, 2.75) is 193 Å². The zero-order valence-electron chi connectivity index (χ0n) is 39.8. The fourth-order valence-corrected chi connectivity index (χ4v) is 7.35. The monoisotopic (exact) mass is 961 g/mol. The summed E-state index contributed by atoms with van der Waals surface area (Å²) in [4.78, 5) is 52.9. The highest BCUT2D eigenvalue weighted by molar-refractivity contribution is 7.47. The molecule has 0 fully saturated rings. The predicted octanol–water partition coefficient (Wildman–Crippen LogP) is 11.8. The molecule has 0 aromatic heterocycles. The summed E-state index contributed by atoms with van der Waals surface area (Å²) in [6.45, 7) is 3.75. The second-order valence-corrected chi connectivity index (χ2v) is 19.1. The van der Waals surface area contributed by atoms with Crippen LogP contribution in [-0.2, 0) is 41.8 Å². The van der Waals surface area contributed by atoms with Gasteiger partial charge in [0, 0.05) is 12.8 Å². The number of hydrogen-bond donors (Lipinski definition) is 5. The first-order valence-corrected chi connectivity index (χ1v) is 27.2. The van der Waals surface area contributed by atoms with Crippen LogP contribution >= 0.6 is 15.6 Å². The highest BCUT2D eigenvalue weighted by atomic mass is 31.2. The zero-order valence-corrected chi connectivity index (χ0v) is 41.6. The average Bonchev–Trinajstić information content (AvgIpc) is 3.27. The van der Waals surface area contributed by atoms with Gasteiger partial charge in [-0.05, 0) is 50.9 Å². The molecule has 0 bridgehead atoms. The van der Waals surface area contributed by atoms with Crippen molar-refractivity contribution in [1.29, 1.82) is 0 Å². The summed E-state index contributed by atoms with van der Waals surface area (Å²) in [6, 6.07) is 0.